The molecular weight excluding hydrogens is 214 g/mol. The third kappa shape index (κ3) is 2.34. The van der Waals surface area contributed by atoms with E-state index in [0.717, 1.165) is 0 Å². The summed E-state index contributed by atoms with van der Waals surface area (Å²) >= 11 is 0. The maximum Gasteiger partial charge on any atom is 0.215 e. The Labute approximate surface area is 92.1 Å². The second-order valence-corrected chi connectivity index (χ2v) is 6.85. The van der Waals surface area contributed by atoms with E-state index in [0.29, 0.717) is 0 Å². The molecule has 0 radical (unpaired) electrons. The predicted molar refractivity (Wildman–Crippen MR) is 59.9 cm³/mol. The fraction of sp³-hybridized carbons (Fsp3) is 1.00. The van der Waals surface area contributed by atoms with Gasteiger partial charge in [-0.25, -0.2) is 13.1 Å². The second kappa shape index (κ2) is 4.39. The van der Waals surface area contributed by atoms with Crippen molar-refractivity contribution >= 4 is 10.0 Å². The first-order chi connectivity index (χ1) is 6.81. The number of aliphatic hydroxyl groups excluding tert-OH is 1. The van der Waals surface area contributed by atoms with Crippen molar-refractivity contribution < 1.29 is 13.5 Å². The molecule has 15 heavy (non-hydrogen) atoms. The van der Waals surface area contributed by atoms with Gasteiger partial charge in [-0.05, 0) is 17.8 Å². The third-order valence-corrected chi connectivity index (χ3v) is 5.35. The molecule has 4 nitrogen and oxygen atoms in total. The van der Waals surface area contributed by atoms with Crippen molar-refractivity contribution in [1.29, 1.82) is 0 Å². The second-order valence-electron chi connectivity index (χ2n) is 4.98. The smallest absolute Gasteiger partial charge is 0.215 e. The molecule has 2 N–H and O–H groups in total. The summed E-state index contributed by atoms with van der Waals surface area (Å²) in [6.07, 6.45) is 0. The molecule has 3 atom stereocenters. The minimum Gasteiger partial charge on any atom is -0.395 e. The number of hydrogen-bond acceptors (Lipinski definition) is 3. The lowest BCUT2D eigenvalue weighted by atomic mass is 9.82. The Balaban J connectivity index is 3.07. The van der Waals surface area contributed by atoms with Gasteiger partial charge in [0.25, 0.3) is 0 Å². The molecule has 1 aliphatic rings. The van der Waals surface area contributed by atoms with Crippen LogP contribution in [0.25, 0.3) is 0 Å². The predicted octanol–water partition coefficient (Wildman–Crippen LogP) is 0.577. The fourth-order valence-electron chi connectivity index (χ4n) is 2.61. The van der Waals surface area contributed by atoms with Crippen LogP contribution in [0.5, 0.6) is 0 Å². The minimum absolute atomic E-state index is 0.000000000000000444. The van der Waals surface area contributed by atoms with Crippen molar-refractivity contribution in [2.75, 3.05) is 6.61 Å². The molecule has 1 aliphatic heterocycles. The van der Waals surface area contributed by atoms with E-state index in [-0.39, 0.29) is 35.7 Å². The molecule has 5 heteroatoms. The van der Waals surface area contributed by atoms with Gasteiger partial charge >= 0.3 is 0 Å². The van der Waals surface area contributed by atoms with Crippen LogP contribution in [0.2, 0.25) is 0 Å². The molecule has 0 aromatic rings. The van der Waals surface area contributed by atoms with Gasteiger partial charge in [0, 0.05) is 6.04 Å². The summed E-state index contributed by atoms with van der Waals surface area (Å²) in [6.45, 7) is 7.72. The molecule has 0 aliphatic carbocycles. The Morgan fingerprint density at radius 3 is 2.07 bits per heavy atom. The quantitative estimate of drug-likeness (QED) is 0.752. The van der Waals surface area contributed by atoms with Crippen molar-refractivity contribution in [3.8, 4) is 0 Å². The van der Waals surface area contributed by atoms with Gasteiger partial charge in [-0.2, -0.15) is 0 Å². The summed E-state index contributed by atoms with van der Waals surface area (Å²) in [5.74, 6) is 0.325. The van der Waals surface area contributed by atoms with Crippen LogP contribution < -0.4 is 4.72 Å². The van der Waals surface area contributed by atoms with Crippen LogP contribution in [-0.4, -0.2) is 31.4 Å². The number of rotatable bonds is 3. The monoisotopic (exact) mass is 235 g/mol. The van der Waals surface area contributed by atoms with Crippen molar-refractivity contribution in [2.24, 2.45) is 17.8 Å². The molecule has 0 spiro atoms. The van der Waals surface area contributed by atoms with E-state index in [2.05, 4.69) is 4.72 Å². The molecule has 1 fully saturated rings. The summed E-state index contributed by atoms with van der Waals surface area (Å²) in [7, 11) is -3.25. The molecular formula is C10H21NO3S. The summed E-state index contributed by atoms with van der Waals surface area (Å²) < 4.78 is 26.3. The molecule has 1 heterocycles. The molecule has 0 aromatic carbocycles. The van der Waals surface area contributed by atoms with Crippen molar-refractivity contribution in [3.05, 3.63) is 0 Å². The molecule has 0 saturated carbocycles. The maximum absolute atomic E-state index is 11.9. The van der Waals surface area contributed by atoms with Crippen LogP contribution in [0, 0.1) is 17.8 Å². The van der Waals surface area contributed by atoms with Crippen LogP contribution in [-0.2, 0) is 10.0 Å². The molecule has 90 valence electrons. The highest BCUT2D eigenvalue weighted by atomic mass is 32.2. The van der Waals surface area contributed by atoms with E-state index in [1.165, 1.54) is 0 Å². The zero-order chi connectivity index (χ0) is 11.8. The van der Waals surface area contributed by atoms with Crippen LogP contribution in [0.1, 0.15) is 27.7 Å². The molecule has 0 unspecified atom stereocenters. The number of aliphatic hydroxyl groups is 1. The van der Waals surface area contributed by atoms with E-state index in [4.69, 9.17) is 0 Å². The third-order valence-electron chi connectivity index (χ3n) is 3.14. The number of sulfonamides is 1. The Hall–Kier alpha value is -0.130. The minimum atomic E-state index is -3.25. The Kier molecular flexibility index (Phi) is 3.79. The van der Waals surface area contributed by atoms with Gasteiger partial charge in [-0.1, -0.05) is 27.7 Å². The zero-order valence-electron chi connectivity index (χ0n) is 9.77. The molecule has 0 aromatic heterocycles. The van der Waals surface area contributed by atoms with E-state index in [1.807, 2.05) is 27.7 Å². The fourth-order valence-corrected chi connectivity index (χ4v) is 5.05. The summed E-state index contributed by atoms with van der Waals surface area (Å²) in [6, 6.07) is -0.317. The first-order valence-corrected chi connectivity index (χ1v) is 6.98. The highest BCUT2D eigenvalue weighted by Crippen LogP contribution is 2.34. The van der Waals surface area contributed by atoms with Crippen molar-refractivity contribution in [3.63, 3.8) is 0 Å². The summed E-state index contributed by atoms with van der Waals surface area (Å²) in [5, 5.41) is 8.81. The standard InChI is InChI=1S/C10H21NO3S/c1-6(2)9-8(5-12)11-15(13,14)10(9)7(3)4/h6-12H,5H2,1-4H3/t8-,9-,10-/m1/s1. The largest absolute Gasteiger partial charge is 0.395 e. The summed E-state index contributed by atoms with van der Waals surface area (Å²) in [5.41, 5.74) is 0. The Morgan fingerprint density at radius 1 is 1.20 bits per heavy atom. The van der Waals surface area contributed by atoms with E-state index >= 15 is 0 Å². The lowest BCUT2D eigenvalue weighted by Gasteiger charge is -2.26. The SMILES string of the molecule is CC(C)[C@H]1[C@@H](C(C)C)S(=O)(=O)N[C@@H]1CO. The molecule has 1 saturated heterocycles. The van der Waals surface area contributed by atoms with E-state index in [1.54, 1.807) is 0 Å². The van der Waals surface area contributed by atoms with Crippen LogP contribution in [0.15, 0.2) is 0 Å². The molecule has 0 amide bonds. The van der Waals surface area contributed by atoms with E-state index < -0.39 is 10.0 Å². The normalized spacial score (nSPS) is 35.3. The van der Waals surface area contributed by atoms with Crippen LogP contribution >= 0.6 is 0 Å². The maximum atomic E-state index is 11.9. The summed E-state index contributed by atoms with van der Waals surface area (Å²) in [4.78, 5) is 0. The van der Waals surface area contributed by atoms with Gasteiger partial charge in [0.1, 0.15) is 0 Å². The van der Waals surface area contributed by atoms with E-state index in [9.17, 15) is 13.5 Å². The van der Waals surface area contributed by atoms with Crippen LogP contribution in [0.3, 0.4) is 0 Å². The lowest BCUT2D eigenvalue weighted by molar-refractivity contribution is 0.189. The van der Waals surface area contributed by atoms with Gasteiger partial charge < -0.3 is 5.11 Å². The average Bonchev–Trinajstić information content (AvgIpc) is 2.36. The van der Waals surface area contributed by atoms with Crippen molar-refractivity contribution in [1.82, 2.24) is 4.72 Å². The number of hydrogen-bond donors (Lipinski definition) is 2. The van der Waals surface area contributed by atoms with Crippen molar-refractivity contribution in [2.45, 2.75) is 39.0 Å². The molecule has 0 bridgehead atoms. The van der Waals surface area contributed by atoms with Crippen LogP contribution in [0.4, 0.5) is 0 Å². The Bertz CT molecular complexity index is 311. The first kappa shape index (κ1) is 12.9. The lowest BCUT2D eigenvalue weighted by Crippen LogP contribution is -2.36. The Morgan fingerprint density at radius 2 is 1.73 bits per heavy atom. The highest BCUT2D eigenvalue weighted by Gasteiger charge is 2.48. The van der Waals surface area contributed by atoms with Gasteiger partial charge in [0.05, 0.1) is 11.9 Å². The highest BCUT2D eigenvalue weighted by molar-refractivity contribution is 7.90. The zero-order valence-corrected chi connectivity index (χ0v) is 10.6. The topological polar surface area (TPSA) is 66.4 Å². The number of nitrogens with one attached hydrogen (secondary N) is 1. The molecule has 1 rings (SSSR count). The average molecular weight is 235 g/mol. The van der Waals surface area contributed by atoms with Gasteiger partial charge in [0.15, 0.2) is 0 Å². The van der Waals surface area contributed by atoms with Gasteiger partial charge in [-0.3, -0.25) is 0 Å². The first-order valence-electron chi connectivity index (χ1n) is 5.43. The van der Waals surface area contributed by atoms with Gasteiger partial charge in [0.2, 0.25) is 10.0 Å². The van der Waals surface area contributed by atoms with Gasteiger partial charge in [-0.15, -0.1) is 0 Å².